The van der Waals surface area contributed by atoms with E-state index in [2.05, 4.69) is 16.8 Å². The molecule has 12 heteroatoms. The molecule has 8 nitrogen and oxygen atoms in total. The average molecular weight is 303 g/mol. The van der Waals surface area contributed by atoms with E-state index in [4.69, 9.17) is 0 Å². The van der Waals surface area contributed by atoms with Crippen molar-refractivity contribution in [3.8, 4) is 0 Å². The number of sulfone groups is 1. The molecule has 0 fully saturated rings. The van der Waals surface area contributed by atoms with Crippen molar-refractivity contribution >= 4 is 40.2 Å². The molecule has 0 aliphatic carbocycles. The Balaban J connectivity index is 3.36. The Hall–Kier alpha value is -0.690. The van der Waals surface area contributed by atoms with Gasteiger partial charge in [0.25, 0.3) is 8.87 Å². The molecule has 1 aromatic heterocycles. The first-order chi connectivity index (χ1) is 7.21. The minimum atomic E-state index is -4.66. The van der Waals surface area contributed by atoms with Gasteiger partial charge in [-0.1, -0.05) is 17.9 Å². The van der Waals surface area contributed by atoms with Gasteiger partial charge in [0, 0.05) is 5.41 Å². The summed E-state index contributed by atoms with van der Waals surface area (Å²) in [7, 11) is -12.0. The summed E-state index contributed by atoms with van der Waals surface area (Å²) in [6.07, 6.45) is 0. The van der Waals surface area contributed by atoms with Crippen LogP contribution in [0, 0.1) is 0 Å². The SMILES string of the molecule is C=CS(=O)(=O)c1nnc(S(=O)(=O)S(=O)[O-])s1. The third-order valence-electron chi connectivity index (χ3n) is 1.24. The van der Waals surface area contributed by atoms with Crippen LogP contribution in [0.25, 0.3) is 0 Å². The van der Waals surface area contributed by atoms with Gasteiger partial charge in [-0.05, 0) is 0 Å². The highest BCUT2D eigenvalue weighted by atomic mass is 33.2. The zero-order valence-electron chi connectivity index (χ0n) is 7.26. The van der Waals surface area contributed by atoms with Crippen molar-refractivity contribution in [1.82, 2.24) is 10.2 Å². The van der Waals surface area contributed by atoms with Crippen LogP contribution in [-0.4, -0.2) is 35.8 Å². The van der Waals surface area contributed by atoms with Crippen molar-refractivity contribution in [2.24, 2.45) is 0 Å². The highest BCUT2D eigenvalue weighted by Gasteiger charge is 2.25. The van der Waals surface area contributed by atoms with Crippen LogP contribution in [-0.2, 0) is 28.8 Å². The highest BCUT2D eigenvalue weighted by Crippen LogP contribution is 2.22. The lowest BCUT2D eigenvalue weighted by atomic mass is 11.3. The van der Waals surface area contributed by atoms with Crippen LogP contribution in [0.4, 0.5) is 0 Å². The Morgan fingerprint density at radius 3 is 2.19 bits per heavy atom. The summed E-state index contributed by atoms with van der Waals surface area (Å²) in [6, 6.07) is 0. The van der Waals surface area contributed by atoms with E-state index in [9.17, 15) is 25.6 Å². The molecule has 0 spiro atoms. The molecule has 1 atom stereocenters. The molecule has 0 aliphatic rings. The Morgan fingerprint density at radius 1 is 1.25 bits per heavy atom. The molecule has 0 N–H and O–H groups in total. The van der Waals surface area contributed by atoms with Crippen molar-refractivity contribution in [2.45, 2.75) is 8.68 Å². The third-order valence-corrected chi connectivity index (χ3v) is 7.35. The van der Waals surface area contributed by atoms with Gasteiger partial charge in [-0.3, -0.25) is 4.21 Å². The third kappa shape index (κ3) is 2.35. The van der Waals surface area contributed by atoms with Gasteiger partial charge >= 0.3 is 0 Å². The normalized spacial score (nSPS) is 14.6. The molecule has 0 bridgehead atoms. The lowest BCUT2D eigenvalue weighted by Crippen LogP contribution is -2.07. The topological polar surface area (TPSA) is 134 Å². The van der Waals surface area contributed by atoms with E-state index in [1.807, 2.05) is 0 Å². The zero-order valence-corrected chi connectivity index (χ0v) is 10.5. The number of rotatable bonds is 4. The van der Waals surface area contributed by atoms with Crippen LogP contribution in [0.1, 0.15) is 0 Å². The summed E-state index contributed by atoms with van der Waals surface area (Å²) < 4.78 is 63.5. The van der Waals surface area contributed by atoms with Crippen LogP contribution in [0.15, 0.2) is 20.7 Å². The molecular formula is C4H3N2O6S4-. The number of aromatic nitrogens is 2. The first-order valence-corrected chi connectivity index (χ1v) is 8.71. The molecule has 1 aromatic rings. The van der Waals surface area contributed by atoms with Crippen LogP contribution < -0.4 is 0 Å². The summed E-state index contributed by atoms with van der Waals surface area (Å²) >= 11 is 0.137. The number of nitrogens with zero attached hydrogens (tertiary/aromatic N) is 2. The van der Waals surface area contributed by atoms with E-state index in [0.717, 1.165) is 0 Å². The van der Waals surface area contributed by atoms with Crippen LogP contribution in [0.2, 0.25) is 0 Å². The Labute approximate surface area is 96.5 Å². The summed E-state index contributed by atoms with van der Waals surface area (Å²) in [5.41, 5.74) is 0. The van der Waals surface area contributed by atoms with Crippen molar-refractivity contribution in [3.05, 3.63) is 12.0 Å². The minimum Gasteiger partial charge on any atom is -0.760 e. The van der Waals surface area contributed by atoms with Gasteiger partial charge in [0.1, 0.15) is 0 Å². The molecule has 16 heavy (non-hydrogen) atoms. The van der Waals surface area contributed by atoms with E-state index in [-0.39, 0.29) is 11.3 Å². The predicted molar refractivity (Wildman–Crippen MR) is 53.4 cm³/mol. The molecular weight excluding hydrogens is 300 g/mol. The van der Waals surface area contributed by atoms with E-state index >= 15 is 0 Å². The molecule has 0 aliphatic heterocycles. The molecule has 1 heterocycles. The first kappa shape index (κ1) is 13.4. The van der Waals surface area contributed by atoms with Gasteiger partial charge in [0.05, 0.1) is 10.1 Å². The first-order valence-electron chi connectivity index (χ1n) is 3.27. The lowest BCUT2D eigenvalue weighted by molar-refractivity contribution is 0.540. The minimum absolute atomic E-state index is 0.137. The molecule has 0 amide bonds. The van der Waals surface area contributed by atoms with Crippen molar-refractivity contribution in [2.75, 3.05) is 0 Å². The van der Waals surface area contributed by atoms with Gasteiger partial charge in [-0.25, -0.2) is 16.8 Å². The predicted octanol–water partition coefficient (Wildman–Crippen LogP) is -0.977. The van der Waals surface area contributed by atoms with Gasteiger partial charge < -0.3 is 4.55 Å². The fourth-order valence-corrected chi connectivity index (χ4v) is 4.37. The fourth-order valence-electron chi connectivity index (χ4n) is 0.543. The second-order valence-electron chi connectivity index (χ2n) is 2.20. The summed E-state index contributed by atoms with van der Waals surface area (Å²) in [5.74, 6) is 0. The summed E-state index contributed by atoms with van der Waals surface area (Å²) in [4.78, 5) is 0. The van der Waals surface area contributed by atoms with Gasteiger partial charge in [0.15, 0.2) is 0 Å². The van der Waals surface area contributed by atoms with E-state index < -0.39 is 37.5 Å². The Morgan fingerprint density at radius 2 is 1.75 bits per heavy atom. The summed E-state index contributed by atoms with van der Waals surface area (Å²) in [5, 5.41) is 6.60. The summed E-state index contributed by atoms with van der Waals surface area (Å²) in [6.45, 7) is 3.00. The smallest absolute Gasteiger partial charge is 0.274 e. The maximum atomic E-state index is 11.2. The monoisotopic (exact) mass is 303 g/mol. The lowest BCUT2D eigenvalue weighted by Gasteiger charge is -2.00. The second-order valence-corrected chi connectivity index (χ2v) is 9.34. The van der Waals surface area contributed by atoms with Gasteiger partial charge in [-0.15, -0.1) is 10.2 Å². The fraction of sp³-hybridized carbons (Fsp3) is 0. The molecule has 0 saturated heterocycles. The van der Waals surface area contributed by atoms with Crippen molar-refractivity contribution in [1.29, 1.82) is 0 Å². The van der Waals surface area contributed by atoms with Crippen molar-refractivity contribution < 1.29 is 25.6 Å². The Bertz CT molecular complexity index is 640. The zero-order chi connectivity index (χ0) is 12.6. The van der Waals surface area contributed by atoms with Gasteiger partial charge in [0.2, 0.25) is 18.5 Å². The highest BCUT2D eigenvalue weighted by molar-refractivity contribution is 8.62. The van der Waals surface area contributed by atoms with Crippen LogP contribution in [0.3, 0.4) is 0 Å². The molecule has 1 unspecified atom stereocenters. The molecule has 0 aromatic carbocycles. The van der Waals surface area contributed by atoms with E-state index in [0.29, 0.717) is 5.41 Å². The molecule has 0 radical (unpaired) electrons. The molecule has 0 saturated carbocycles. The number of hydrogen-bond acceptors (Lipinski definition) is 9. The largest absolute Gasteiger partial charge is 0.760 e. The maximum absolute atomic E-state index is 11.2. The Kier molecular flexibility index (Phi) is 3.59. The van der Waals surface area contributed by atoms with E-state index in [1.165, 1.54) is 0 Å². The molecule has 90 valence electrons. The number of hydrogen-bond donors (Lipinski definition) is 0. The maximum Gasteiger partial charge on any atom is 0.274 e. The standard InChI is InChI=1S/C4H4N2O6S4/c1-2-15(9,10)3-5-6-4(13-3)16(11,12)14(7)8/h2H,1H2,(H,7,8)/p-1. The van der Waals surface area contributed by atoms with Gasteiger partial charge in [-0.2, -0.15) is 0 Å². The molecule has 1 rings (SSSR count). The average Bonchev–Trinajstić information content (AvgIpc) is 2.67. The quantitative estimate of drug-likeness (QED) is 0.512. The van der Waals surface area contributed by atoms with Crippen molar-refractivity contribution in [3.63, 3.8) is 0 Å². The van der Waals surface area contributed by atoms with Crippen LogP contribution in [0.5, 0.6) is 0 Å². The van der Waals surface area contributed by atoms with E-state index in [1.54, 1.807) is 0 Å². The van der Waals surface area contributed by atoms with Crippen LogP contribution >= 0.6 is 11.3 Å². The second kappa shape index (κ2) is 4.29.